The molecule has 1 rings (SSSR count). The summed E-state index contributed by atoms with van der Waals surface area (Å²) in [4.78, 5) is 13.6. The van der Waals surface area contributed by atoms with Crippen LogP contribution in [0.5, 0.6) is 0 Å². The maximum atomic E-state index is 11.4. The molecule has 0 aliphatic carbocycles. The molecule has 15 heavy (non-hydrogen) atoms. The number of rotatable bonds is 4. The first-order valence-electron chi connectivity index (χ1n) is 5.17. The smallest absolute Gasteiger partial charge is 0.250 e. The zero-order chi connectivity index (χ0) is 11.4. The van der Waals surface area contributed by atoms with Gasteiger partial charge in [-0.3, -0.25) is 4.79 Å². The molecule has 84 valence electrons. The monoisotopic (exact) mass is 209 g/mol. The number of hydrogen-bond donors (Lipinski definition) is 1. The molecule has 0 aliphatic heterocycles. The highest BCUT2D eigenvalue weighted by molar-refractivity contribution is 5.33. The minimum Gasteiger partial charge on any atom is -0.398 e. The van der Waals surface area contributed by atoms with Crippen LogP contribution in [0.25, 0.3) is 0 Å². The summed E-state index contributed by atoms with van der Waals surface area (Å²) in [5.41, 5.74) is 6.25. The zero-order valence-corrected chi connectivity index (χ0v) is 9.60. The van der Waals surface area contributed by atoms with Crippen molar-refractivity contribution in [2.45, 2.75) is 26.4 Å². The van der Waals surface area contributed by atoms with Crippen molar-refractivity contribution in [3.05, 3.63) is 28.7 Å². The number of aromatic nitrogens is 1. The second-order valence-electron chi connectivity index (χ2n) is 4.07. The first kappa shape index (κ1) is 11.8. The van der Waals surface area contributed by atoms with Gasteiger partial charge >= 0.3 is 0 Å². The summed E-state index contributed by atoms with van der Waals surface area (Å²) < 4.78 is 1.65. The number of hydrogen-bond acceptors (Lipinski definition) is 3. The Morgan fingerprint density at radius 3 is 2.73 bits per heavy atom. The van der Waals surface area contributed by atoms with Crippen molar-refractivity contribution in [1.29, 1.82) is 0 Å². The minimum atomic E-state index is 0.00126. The number of pyridine rings is 1. The van der Waals surface area contributed by atoms with E-state index in [1.807, 2.05) is 7.05 Å². The van der Waals surface area contributed by atoms with Crippen LogP contribution in [0, 0.1) is 0 Å². The van der Waals surface area contributed by atoms with Crippen molar-refractivity contribution >= 4 is 5.69 Å². The van der Waals surface area contributed by atoms with Gasteiger partial charge in [-0.2, -0.15) is 0 Å². The van der Waals surface area contributed by atoms with E-state index in [0.29, 0.717) is 18.3 Å². The van der Waals surface area contributed by atoms with Crippen LogP contribution >= 0.6 is 0 Å². The summed E-state index contributed by atoms with van der Waals surface area (Å²) >= 11 is 0. The lowest BCUT2D eigenvalue weighted by molar-refractivity contribution is 0.262. The van der Waals surface area contributed by atoms with Gasteiger partial charge in [0.25, 0.3) is 5.56 Å². The van der Waals surface area contributed by atoms with Gasteiger partial charge in [-0.1, -0.05) is 0 Å². The highest BCUT2D eigenvalue weighted by atomic mass is 16.1. The highest BCUT2D eigenvalue weighted by Crippen LogP contribution is 1.98. The average Bonchev–Trinajstić information content (AvgIpc) is 2.18. The Kier molecular flexibility index (Phi) is 3.91. The molecule has 1 heterocycles. The van der Waals surface area contributed by atoms with E-state index in [1.165, 1.54) is 6.07 Å². The first-order valence-corrected chi connectivity index (χ1v) is 5.17. The third kappa shape index (κ3) is 3.40. The summed E-state index contributed by atoms with van der Waals surface area (Å²) in [5, 5.41) is 0. The fourth-order valence-corrected chi connectivity index (χ4v) is 1.25. The van der Waals surface area contributed by atoms with Crippen molar-refractivity contribution in [3.63, 3.8) is 0 Å². The fraction of sp³-hybridized carbons (Fsp3) is 0.545. The molecule has 0 amide bonds. The SMILES string of the molecule is CC(C)N(C)CCn1cc(N)ccc1=O. The second kappa shape index (κ2) is 4.98. The number of nitrogens with two attached hydrogens (primary N) is 1. The van der Waals surface area contributed by atoms with Gasteiger partial charge < -0.3 is 15.2 Å². The third-order valence-electron chi connectivity index (χ3n) is 2.58. The van der Waals surface area contributed by atoms with Crippen molar-refractivity contribution in [3.8, 4) is 0 Å². The van der Waals surface area contributed by atoms with E-state index in [2.05, 4.69) is 18.7 Å². The third-order valence-corrected chi connectivity index (χ3v) is 2.58. The van der Waals surface area contributed by atoms with Crippen LogP contribution in [0.15, 0.2) is 23.1 Å². The number of likely N-dealkylation sites (N-methyl/N-ethyl adjacent to an activating group) is 1. The molecule has 4 nitrogen and oxygen atoms in total. The van der Waals surface area contributed by atoms with Crippen LogP contribution in [0.4, 0.5) is 5.69 Å². The van der Waals surface area contributed by atoms with Crippen LogP contribution in [0.2, 0.25) is 0 Å². The maximum absolute atomic E-state index is 11.4. The summed E-state index contributed by atoms with van der Waals surface area (Å²) in [7, 11) is 2.04. The Morgan fingerprint density at radius 1 is 1.47 bits per heavy atom. The van der Waals surface area contributed by atoms with E-state index >= 15 is 0 Å². The molecule has 1 aromatic heterocycles. The molecule has 4 heteroatoms. The van der Waals surface area contributed by atoms with Gasteiger partial charge in [0, 0.05) is 37.1 Å². The molecule has 0 aromatic carbocycles. The fourth-order valence-electron chi connectivity index (χ4n) is 1.25. The zero-order valence-electron chi connectivity index (χ0n) is 9.60. The highest BCUT2D eigenvalue weighted by Gasteiger charge is 2.03. The Morgan fingerprint density at radius 2 is 2.13 bits per heavy atom. The van der Waals surface area contributed by atoms with E-state index in [4.69, 9.17) is 5.73 Å². The lowest BCUT2D eigenvalue weighted by Crippen LogP contribution is -2.32. The molecule has 1 aromatic rings. The molecule has 0 spiro atoms. The summed E-state index contributed by atoms with van der Waals surface area (Å²) in [6.07, 6.45) is 1.69. The Bertz CT molecular complexity index is 370. The lowest BCUT2D eigenvalue weighted by Gasteiger charge is -2.21. The van der Waals surface area contributed by atoms with E-state index < -0.39 is 0 Å². The van der Waals surface area contributed by atoms with Gasteiger partial charge in [-0.25, -0.2) is 0 Å². The minimum absolute atomic E-state index is 0.00126. The lowest BCUT2D eigenvalue weighted by atomic mass is 10.3. The molecule has 0 unspecified atom stereocenters. The van der Waals surface area contributed by atoms with Crippen LogP contribution < -0.4 is 11.3 Å². The molecule has 2 N–H and O–H groups in total. The quantitative estimate of drug-likeness (QED) is 0.797. The van der Waals surface area contributed by atoms with Crippen molar-refractivity contribution in [1.82, 2.24) is 9.47 Å². The van der Waals surface area contributed by atoms with Gasteiger partial charge in [0.1, 0.15) is 0 Å². The summed E-state index contributed by atoms with van der Waals surface area (Å²) in [6, 6.07) is 3.62. The van der Waals surface area contributed by atoms with E-state index in [-0.39, 0.29) is 5.56 Å². The molecule has 0 atom stereocenters. The second-order valence-corrected chi connectivity index (χ2v) is 4.07. The predicted octanol–water partition coefficient (Wildman–Crippen LogP) is 0.771. The summed E-state index contributed by atoms with van der Waals surface area (Å²) in [6.45, 7) is 5.78. The topological polar surface area (TPSA) is 51.3 Å². The van der Waals surface area contributed by atoms with Crippen LogP contribution in [0.3, 0.4) is 0 Å². The van der Waals surface area contributed by atoms with Crippen LogP contribution in [-0.4, -0.2) is 29.1 Å². The Balaban J connectivity index is 2.65. The van der Waals surface area contributed by atoms with Crippen molar-refractivity contribution < 1.29 is 0 Å². The molecule has 0 fully saturated rings. The van der Waals surface area contributed by atoms with Crippen molar-refractivity contribution in [2.75, 3.05) is 19.3 Å². The molecule has 0 bridgehead atoms. The Labute approximate surface area is 90.3 Å². The van der Waals surface area contributed by atoms with Gasteiger partial charge in [0.2, 0.25) is 0 Å². The standard InChI is InChI=1S/C11H19N3O/c1-9(2)13(3)6-7-14-8-10(12)4-5-11(14)15/h4-5,8-9H,6-7,12H2,1-3H3. The predicted molar refractivity (Wildman–Crippen MR) is 62.9 cm³/mol. The van der Waals surface area contributed by atoms with Crippen LogP contribution in [-0.2, 0) is 6.54 Å². The number of nitrogen functional groups attached to an aromatic ring is 1. The molecular formula is C11H19N3O. The average molecular weight is 209 g/mol. The van der Waals surface area contributed by atoms with Gasteiger partial charge in [-0.05, 0) is 27.0 Å². The molecule has 0 saturated heterocycles. The summed E-state index contributed by atoms with van der Waals surface area (Å²) in [5.74, 6) is 0. The molecule has 0 aliphatic rings. The molecule has 0 radical (unpaired) electrons. The van der Waals surface area contributed by atoms with E-state index in [9.17, 15) is 4.79 Å². The molecule has 0 saturated carbocycles. The van der Waals surface area contributed by atoms with Gasteiger partial charge in [0.15, 0.2) is 0 Å². The maximum Gasteiger partial charge on any atom is 0.250 e. The van der Waals surface area contributed by atoms with Gasteiger partial charge in [0.05, 0.1) is 0 Å². The van der Waals surface area contributed by atoms with Crippen molar-refractivity contribution in [2.24, 2.45) is 0 Å². The van der Waals surface area contributed by atoms with E-state index in [0.717, 1.165) is 6.54 Å². The Hall–Kier alpha value is -1.29. The number of nitrogens with zero attached hydrogens (tertiary/aromatic N) is 2. The number of anilines is 1. The van der Waals surface area contributed by atoms with E-state index in [1.54, 1.807) is 16.8 Å². The van der Waals surface area contributed by atoms with Gasteiger partial charge in [-0.15, -0.1) is 0 Å². The van der Waals surface area contributed by atoms with Crippen LogP contribution in [0.1, 0.15) is 13.8 Å². The molecular weight excluding hydrogens is 190 g/mol. The normalized spacial score (nSPS) is 11.3. The first-order chi connectivity index (χ1) is 7.00. The largest absolute Gasteiger partial charge is 0.398 e.